The molecule has 7 nitrogen and oxygen atoms in total. The van der Waals surface area contributed by atoms with Crippen molar-refractivity contribution in [3.63, 3.8) is 0 Å². The summed E-state index contributed by atoms with van der Waals surface area (Å²) in [6.45, 7) is 8.34. The molecule has 2 aromatic rings. The van der Waals surface area contributed by atoms with Crippen LogP contribution in [0.25, 0.3) is 0 Å². The van der Waals surface area contributed by atoms with Crippen LogP contribution in [-0.2, 0) is 46.4 Å². The van der Waals surface area contributed by atoms with Crippen LogP contribution < -0.4 is 0 Å². The lowest BCUT2D eigenvalue weighted by Gasteiger charge is -2.32. The van der Waals surface area contributed by atoms with Gasteiger partial charge in [-0.05, 0) is 38.8 Å². The van der Waals surface area contributed by atoms with Crippen LogP contribution in [0.15, 0.2) is 60.7 Å². The fraction of sp³-hybridized carbons (Fsp3) is 0.519. The van der Waals surface area contributed by atoms with E-state index in [-0.39, 0.29) is 12.7 Å². The monoisotopic (exact) mass is 470 g/mol. The Bertz CT molecular complexity index is 915. The fourth-order valence-electron chi connectivity index (χ4n) is 4.36. The van der Waals surface area contributed by atoms with Crippen LogP contribution in [0.4, 0.5) is 0 Å². The Balaban J connectivity index is 1.57. The van der Waals surface area contributed by atoms with Gasteiger partial charge in [0.05, 0.1) is 19.8 Å². The minimum Gasteiger partial charge on any atom is -0.368 e. The summed E-state index contributed by atoms with van der Waals surface area (Å²) >= 11 is 0. The van der Waals surface area contributed by atoms with Crippen molar-refractivity contribution in [2.24, 2.45) is 0 Å². The molecule has 0 radical (unpaired) electrons. The van der Waals surface area contributed by atoms with E-state index in [1.165, 1.54) is 0 Å². The van der Waals surface area contributed by atoms with Crippen LogP contribution in [-0.4, -0.2) is 55.0 Å². The summed E-state index contributed by atoms with van der Waals surface area (Å²) in [5.74, 6) is -1.60. The van der Waals surface area contributed by atoms with E-state index in [0.717, 1.165) is 17.4 Å². The highest BCUT2D eigenvalue weighted by atomic mass is 16.8. The second kappa shape index (κ2) is 10.6. The first-order chi connectivity index (χ1) is 16.3. The molecule has 0 aliphatic carbocycles. The largest absolute Gasteiger partial charge is 0.368 e. The predicted molar refractivity (Wildman–Crippen MR) is 125 cm³/mol. The van der Waals surface area contributed by atoms with E-state index in [0.29, 0.717) is 13.2 Å². The Morgan fingerprint density at radius 1 is 0.853 bits per heavy atom. The maximum Gasteiger partial charge on any atom is 0.164 e. The van der Waals surface area contributed by atoms with Gasteiger partial charge in [-0.3, -0.25) is 0 Å². The number of benzene rings is 2. The SMILES string of the molecule is CC1(C)O[C@H]([C@H](OCc2ccccc2)[C@H](C=O)OCc2ccccc2)[C@@H]([C@H]2COC(C)(C)O2)O1. The molecular weight excluding hydrogens is 436 g/mol. The van der Waals surface area contributed by atoms with Gasteiger partial charge < -0.3 is 33.2 Å². The third-order valence-corrected chi connectivity index (χ3v) is 5.91. The molecule has 2 aromatic carbocycles. The molecule has 0 spiro atoms. The normalized spacial score (nSPS) is 27.4. The standard InChI is InChI=1S/C27H34O7/c1-26(2)31-18-22(32-26)24-25(34-27(3,4)33-24)23(30-17-20-13-9-6-10-14-20)21(15-28)29-16-19-11-7-5-8-12-19/h5-15,21-25H,16-18H2,1-4H3/t21-,22+,23+,24+,25+/m0/s1. The van der Waals surface area contributed by atoms with Gasteiger partial charge >= 0.3 is 0 Å². The molecule has 0 aromatic heterocycles. The molecule has 184 valence electrons. The zero-order valence-electron chi connectivity index (χ0n) is 20.2. The van der Waals surface area contributed by atoms with Crippen molar-refractivity contribution >= 4 is 6.29 Å². The average molecular weight is 471 g/mol. The zero-order valence-corrected chi connectivity index (χ0v) is 20.2. The topological polar surface area (TPSA) is 72.5 Å². The minimum atomic E-state index is -0.882. The van der Waals surface area contributed by atoms with Gasteiger partial charge in [0, 0.05) is 0 Å². The molecule has 0 bridgehead atoms. The average Bonchev–Trinajstić information content (AvgIpc) is 3.35. The molecule has 2 fully saturated rings. The van der Waals surface area contributed by atoms with E-state index in [1.807, 2.05) is 88.4 Å². The summed E-state index contributed by atoms with van der Waals surface area (Å²) in [7, 11) is 0. The van der Waals surface area contributed by atoms with E-state index < -0.39 is 36.0 Å². The number of carbonyl (C=O) groups excluding carboxylic acids is 1. The highest BCUT2D eigenvalue weighted by molar-refractivity contribution is 5.57. The highest BCUT2D eigenvalue weighted by Crippen LogP contribution is 2.38. The summed E-state index contributed by atoms with van der Waals surface area (Å²) in [6, 6.07) is 19.5. The molecule has 0 saturated carbocycles. The van der Waals surface area contributed by atoms with E-state index >= 15 is 0 Å². The molecule has 0 unspecified atom stereocenters. The second-order valence-corrected chi connectivity index (χ2v) is 9.59. The van der Waals surface area contributed by atoms with Gasteiger partial charge in [-0.2, -0.15) is 0 Å². The van der Waals surface area contributed by atoms with Crippen LogP contribution >= 0.6 is 0 Å². The molecule has 2 saturated heterocycles. The number of carbonyl (C=O) groups is 1. The first-order valence-electron chi connectivity index (χ1n) is 11.7. The Hall–Kier alpha value is -2.13. The first-order valence-corrected chi connectivity index (χ1v) is 11.7. The quantitative estimate of drug-likeness (QED) is 0.486. The van der Waals surface area contributed by atoms with Gasteiger partial charge in [0.2, 0.25) is 0 Å². The maximum absolute atomic E-state index is 12.3. The third-order valence-electron chi connectivity index (χ3n) is 5.91. The Labute approximate surface area is 201 Å². The lowest BCUT2D eigenvalue weighted by molar-refractivity contribution is -0.181. The predicted octanol–water partition coefficient (Wildman–Crippen LogP) is 4.03. The summed E-state index contributed by atoms with van der Waals surface area (Å²) < 4.78 is 36.8. The van der Waals surface area contributed by atoms with Crippen molar-refractivity contribution in [3.05, 3.63) is 71.8 Å². The molecule has 7 heteroatoms. The molecule has 2 aliphatic heterocycles. The second-order valence-electron chi connectivity index (χ2n) is 9.59. The Morgan fingerprint density at radius 2 is 1.44 bits per heavy atom. The van der Waals surface area contributed by atoms with Crippen molar-refractivity contribution in [2.75, 3.05) is 6.61 Å². The van der Waals surface area contributed by atoms with Crippen LogP contribution in [0.3, 0.4) is 0 Å². The smallest absolute Gasteiger partial charge is 0.164 e. The number of ether oxygens (including phenoxy) is 6. The summed E-state index contributed by atoms with van der Waals surface area (Å²) in [5.41, 5.74) is 1.95. The molecule has 34 heavy (non-hydrogen) atoms. The van der Waals surface area contributed by atoms with Crippen molar-refractivity contribution in [2.45, 2.75) is 83.0 Å². The van der Waals surface area contributed by atoms with Gasteiger partial charge in [-0.1, -0.05) is 60.7 Å². The molecular formula is C27H34O7. The zero-order chi connectivity index (χ0) is 24.2. The minimum absolute atomic E-state index is 0.271. The number of rotatable bonds is 10. The molecule has 2 aliphatic rings. The summed E-state index contributed by atoms with van der Waals surface area (Å²) in [4.78, 5) is 12.3. The molecule has 5 atom stereocenters. The van der Waals surface area contributed by atoms with Crippen LogP contribution in [0.5, 0.6) is 0 Å². The molecule has 2 heterocycles. The van der Waals surface area contributed by atoms with Gasteiger partial charge in [0.25, 0.3) is 0 Å². The van der Waals surface area contributed by atoms with Crippen molar-refractivity contribution in [1.29, 1.82) is 0 Å². The molecule has 0 amide bonds. The van der Waals surface area contributed by atoms with E-state index in [9.17, 15) is 4.79 Å². The molecule has 4 rings (SSSR count). The number of hydrogen-bond donors (Lipinski definition) is 0. The lowest BCUT2D eigenvalue weighted by atomic mass is 9.99. The van der Waals surface area contributed by atoms with Crippen molar-refractivity contribution in [1.82, 2.24) is 0 Å². The summed E-state index contributed by atoms with van der Waals surface area (Å²) in [6.07, 6.45) is -2.29. The van der Waals surface area contributed by atoms with Crippen molar-refractivity contribution in [3.8, 4) is 0 Å². The Kier molecular flexibility index (Phi) is 7.82. The van der Waals surface area contributed by atoms with E-state index in [1.54, 1.807) is 0 Å². The Morgan fingerprint density at radius 3 is 1.97 bits per heavy atom. The number of aldehydes is 1. The van der Waals surface area contributed by atoms with Gasteiger partial charge in [0.15, 0.2) is 17.9 Å². The lowest BCUT2D eigenvalue weighted by Crippen LogP contribution is -2.50. The fourth-order valence-corrected chi connectivity index (χ4v) is 4.36. The van der Waals surface area contributed by atoms with Gasteiger partial charge in [0.1, 0.15) is 30.5 Å². The maximum atomic E-state index is 12.3. The number of hydrogen-bond acceptors (Lipinski definition) is 7. The van der Waals surface area contributed by atoms with Crippen LogP contribution in [0.2, 0.25) is 0 Å². The molecule has 0 N–H and O–H groups in total. The highest BCUT2D eigenvalue weighted by Gasteiger charge is 2.54. The van der Waals surface area contributed by atoms with Gasteiger partial charge in [-0.15, -0.1) is 0 Å². The van der Waals surface area contributed by atoms with Crippen LogP contribution in [0, 0.1) is 0 Å². The summed E-state index contributed by atoms with van der Waals surface area (Å²) in [5, 5.41) is 0. The van der Waals surface area contributed by atoms with E-state index in [2.05, 4.69) is 0 Å². The first kappa shape index (κ1) is 25.0. The van der Waals surface area contributed by atoms with Gasteiger partial charge in [-0.25, -0.2) is 0 Å². The van der Waals surface area contributed by atoms with E-state index in [4.69, 9.17) is 28.4 Å². The van der Waals surface area contributed by atoms with Crippen LogP contribution in [0.1, 0.15) is 38.8 Å². The third kappa shape index (κ3) is 6.30. The van der Waals surface area contributed by atoms with Crippen molar-refractivity contribution < 1.29 is 33.2 Å².